The van der Waals surface area contributed by atoms with E-state index in [2.05, 4.69) is 5.32 Å². The lowest BCUT2D eigenvalue weighted by atomic mass is 10.1. The number of ether oxygens (including phenoxy) is 1. The van der Waals surface area contributed by atoms with E-state index in [0.717, 1.165) is 11.7 Å². The molecule has 18 heavy (non-hydrogen) atoms. The summed E-state index contributed by atoms with van der Waals surface area (Å²) in [5.41, 5.74) is -0.491. The van der Waals surface area contributed by atoms with Crippen molar-refractivity contribution in [3.8, 4) is 0 Å². The molecule has 0 heterocycles. The molecular weight excluding hydrogens is 254 g/mol. The van der Waals surface area contributed by atoms with E-state index < -0.39 is 15.4 Å². The Balaban J connectivity index is 4.25. The van der Waals surface area contributed by atoms with Crippen LogP contribution in [0.15, 0.2) is 11.5 Å². The van der Waals surface area contributed by atoms with E-state index in [1.165, 1.54) is 0 Å². The van der Waals surface area contributed by atoms with E-state index in [1.807, 2.05) is 20.8 Å². The van der Waals surface area contributed by atoms with Gasteiger partial charge in [-0.2, -0.15) is 0 Å². The maximum absolute atomic E-state index is 11.5. The molecule has 5 nitrogen and oxygen atoms in total. The average Bonchev–Trinajstić information content (AvgIpc) is 2.13. The largest absolute Gasteiger partial charge is 0.460 e. The smallest absolute Gasteiger partial charge is 0.306 e. The molecule has 0 aromatic heterocycles. The monoisotopic (exact) mass is 277 g/mol. The summed E-state index contributed by atoms with van der Waals surface area (Å²) in [6.07, 6.45) is 3.41. The van der Waals surface area contributed by atoms with Crippen molar-refractivity contribution in [3.63, 3.8) is 0 Å². The van der Waals surface area contributed by atoms with Gasteiger partial charge in [-0.1, -0.05) is 6.08 Å². The van der Waals surface area contributed by atoms with Gasteiger partial charge in [0.05, 0.1) is 0 Å². The van der Waals surface area contributed by atoms with Crippen molar-refractivity contribution < 1.29 is 17.9 Å². The summed E-state index contributed by atoms with van der Waals surface area (Å²) >= 11 is 0. The molecule has 1 atom stereocenters. The SMILES string of the molecule is CN[C@H](/C=C/S(C)(=O)=O)CCC(=O)OC(C)(C)C. The van der Waals surface area contributed by atoms with Crippen LogP contribution in [0.3, 0.4) is 0 Å². The predicted molar refractivity (Wildman–Crippen MR) is 71.9 cm³/mol. The lowest BCUT2D eigenvalue weighted by Crippen LogP contribution is -2.27. The van der Waals surface area contributed by atoms with Gasteiger partial charge in [0.25, 0.3) is 0 Å². The second kappa shape index (κ2) is 6.89. The molecule has 106 valence electrons. The number of sulfone groups is 1. The van der Waals surface area contributed by atoms with Crippen molar-refractivity contribution in [2.24, 2.45) is 0 Å². The topological polar surface area (TPSA) is 72.5 Å². The second-order valence-electron chi connectivity index (χ2n) is 5.18. The number of carbonyl (C=O) groups is 1. The highest BCUT2D eigenvalue weighted by Crippen LogP contribution is 2.10. The highest BCUT2D eigenvalue weighted by Gasteiger charge is 2.16. The molecule has 0 amide bonds. The molecule has 0 aliphatic rings. The van der Waals surface area contributed by atoms with Crippen LogP contribution in [0, 0.1) is 0 Å². The Morgan fingerprint density at radius 3 is 2.33 bits per heavy atom. The van der Waals surface area contributed by atoms with Crippen molar-refractivity contribution in [3.05, 3.63) is 11.5 Å². The molecule has 1 N–H and O–H groups in total. The fraction of sp³-hybridized carbons (Fsp3) is 0.750. The van der Waals surface area contributed by atoms with E-state index in [-0.39, 0.29) is 18.4 Å². The lowest BCUT2D eigenvalue weighted by molar-refractivity contribution is -0.154. The van der Waals surface area contributed by atoms with Gasteiger partial charge in [0.1, 0.15) is 5.60 Å². The molecule has 0 aromatic carbocycles. The summed E-state index contributed by atoms with van der Waals surface area (Å²) in [6.45, 7) is 5.43. The van der Waals surface area contributed by atoms with Gasteiger partial charge in [-0.3, -0.25) is 4.79 Å². The molecule has 0 saturated carbocycles. The Hall–Kier alpha value is -0.880. The number of likely N-dealkylation sites (N-methyl/N-ethyl adjacent to an activating group) is 1. The molecule has 0 rings (SSSR count). The number of nitrogens with one attached hydrogen (secondary N) is 1. The maximum Gasteiger partial charge on any atom is 0.306 e. The Morgan fingerprint density at radius 2 is 1.94 bits per heavy atom. The van der Waals surface area contributed by atoms with Gasteiger partial charge in [0, 0.05) is 24.1 Å². The normalized spacial score (nSPS) is 14.7. The van der Waals surface area contributed by atoms with Crippen molar-refractivity contribution in [1.29, 1.82) is 0 Å². The molecule has 0 saturated heterocycles. The van der Waals surface area contributed by atoms with Crippen LogP contribution >= 0.6 is 0 Å². The Morgan fingerprint density at radius 1 is 1.39 bits per heavy atom. The molecule has 0 unspecified atom stereocenters. The minimum Gasteiger partial charge on any atom is -0.460 e. The van der Waals surface area contributed by atoms with Gasteiger partial charge in [-0.15, -0.1) is 0 Å². The number of rotatable bonds is 6. The highest BCUT2D eigenvalue weighted by molar-refractivity contribution is 7.93. The zero-order valence-electron chi connectivity index (χ0n) is 11.7. The molecule has 0 fully saturated rings. The summed E-state index contributed by atoms with van der Waals surface area (Å²) in [7, 11) is -1.42. The second-order valence-corrected chi connectivity index (χ2v) is 7.11. The molecular formula is C12H23NO4S. The van der Waals surface area contributed by atoms with Crippen LogP contribution in [0.2, 0.25) is 0 Å². The van der Waals surface area contributed by atoms with Gasteiger partial charge in [0.2, 0.25) is 0 Å². The van der Waals surface area contributed by atoms with Gasteiger partial charge in [0.15, 0.2) is 9.84 Å². The van der Waals surface area contributed by atoms with Crippen LogP contribution in [0.5, 0.6) is 0 Å². The van der Waals surface area contributed by atoms with Crippen molar-refractivity contribution >= 4 is 15.8 Å². The first kappa shape index (κ1) is 17.1. The number of esters is 1. The number of hydrogen-bond acceptors (Lipinski definition) is 5. The molecule has 0 radical (unpaired) electrons. The van der Waals surface area contributed by atoms with Crippen LogP contribution in [0.4, 0.5) is 0 Å². The summed E-state index contributed by atoms with van der Waals surface area (Å²) < 4.78 is 27.1. The van der Waals surface area contributed by atoms with Crippen LogP contribution in [-0.2, 0) is 19.4 Å². The third-order valence-corrected chi connectivity index (χ3v) is 2.66. The van der Waals surface area contributed by atoms with Crippen LogP contribution < -0.4 is 5.32 Å². The van der Waals surface area contributed by atoms with E-state index >= 15 is 0 Å². The Labute approximate surface area is 110 Å². The molecule has 6 heteroatoms. The van der Waals surface area contributed by atoms with E-state index in [0.29, 0.717) is 6.42 Å². The summed E-state index contributed by atoms with van der Waals surface area (Å²) in [5.74, 6) is -0.282. The lowest BCUT2D eigenvalue weighted by Gasteiger charge is -2.20. The highest BCUT2D eigenvalue weighted by atomic mass is 32.2. The van der Waals surface area contributed by atoms with Gasteiger partial charge < -0.3 is 10.1 Å². The fourth-order valence-corrected chi connectivity index (χ4v) is 1.72. The average molecular weight is 277 g/mol. The number of carbonyl (C=O) groups excluding carboxylic acids is 1. The van der Waals surface area contributed by atoms with E-state index in [4.69, 9.17) is 4.74 Å². The maximum atomic E-state index is 11.5. The molecule has 0 bridgehead atoms. The van der Waals surface area contributed by atoms with Crippen LogP contribution in [0.1, 0.15) is 33.6 Å². The Kier molecular flexibility index (Phi) is 6.56. The third-order valence-electron chi connectivity index (χ3n) is 2.01. The first-order chi connectivity index (χ1) is 8.03. The van der Waals surface area contributed by atoms with Crippen molar-refractivity contribution in [2.45, 2.75) is 45.3 Å². The zero-order valence-corrected chi connectivity index (χ0v) is 12.5. The van der Waals surface area contributed by atoms with Crippen LogP contribution in [0.25, 0.3) is 0 Å². The van der Waals surface area contributed by atoms with E-state index in [9.17, 15) is 13.2 Å². The van der Waals surface area contributed by atoms with Gasteiger partial charge in [-0.05, 0) is 34.2 Å². The standard InChI is InChI=1S/C12H23NO4S/c1-12(2,3)17-11(14)7-6-10(13-4)8-9-18(5,15)16/h8-10,13H,6-7H2,1-5H3/b9-8+/t10-/m0/s1. The quantitative estimate of drug-likeness (QED) is 0.740. The first-order valence-electron chi connectivity index (χ1n) is 5.81. The van der Waals surface area contributed by atoms with Crippen molar-refractivity contribution in [1.82, 2.24) is 5.32 Å². The molecule has 0 aromatic rings. The Bertz CT molecular complexity index is 393. The minimum absolute atomic E-state index is 0.160. The number of hydrogen-bond donors (Lipinski definition) is 1. The third kappa shape index (κ3) is 10.3. The fourth-order valence-electron chi connectivity index (χ4n) is 1.24. The summed E-state index contributed by atoms with van der Waals surface area (Å²) in [6, 6.07) is -0.160. The summed E-state index contributed by atoms with van der Waals surface area (Å²) in [5, 5.41) is 4.08. The molecule has 0 spiro atoms. The van der Waals surface area contributed by atoms with E-state index in [1.54, 1.807) is 13.1 Å². The van der Waals surface area contributed by atoms with Crippen molar-refractivity contribution in [2.75, 3.05) is 13.3 Å². The minimum atomic E-state index is -3.13. The van der Waals surface area contributed by atoms with Gasteiger partial charge >= 0.3 is 5.97 Å². The predicted octanol–water partition coefficient (Wildman–Crippen LogP) is 1.25. The molecule has 0 aliphatic heterocycles. The molecule has 0 aliphatic carbocycles. The first-order valence-corrected chi connectivity index (χ1v) is 7.76. The van der Waals surface area contributed by atoms with Crippen LogP contribution in [-0.4, -0.2) is 39.3 Å². The van der Waals surface area contributed by atoms with Gasteiger partial charge in [-0.25, -0.2) is 8.42 Å². The summed E-state index contributed by atoms with van der Waals surface area (Å²) in [4.78, 5) is 11.5. The zero-order chi connectivity index (χ0) is 14.4.